The van der Waals surface area contributed by atoms with Gasteiger partial charge in [0.05, 0.1) is 13.1 Å². The minimum atomic E-state index is -0.0470. The maximum Gasteiger partial charge on any atom is 0.234 e. The van der Waals surface area contributed by atoms with Gasteiger partial charge in [-0.25, -0.2) is 0 Å². The second-order valence-electron chi connectivity index (χ2n) is 6.15. The highest BCUT2D eigenvalue weighted by atomic mass is 16.2. The van der Waals surface area contributed by atoms with Gasteiger partial charge in [0.25, 0.3) is 0 Å². The van der Waals surface area contributed by atoms with Crippen LogP contribution in [0.3, 0.4) is 0 Å². The Morgan fingerprint density at radius 2 is 1.90 bits per heavy atom. The molecule has 4 nitrogen and oxygen atoms in total. The molecule has 0 aromatic heterocycles. The molecule has 0 spiro atoms. The highest BCUT2D eigenvalue weighted by Gasteiger charge is 2.16. The number of fused-ring (bicyclic) bond motifs is 1. The van der Waals surface area contributed by atoms with Crippen molar-refractivity contribution in [1.82, 2.24) is 10.2 Å². The highest BCUT2D eigenvalue weighted by molar-refractivity contribution is 5.98. The summed E-state index contributed by atoms with van der Waals surface area (Å²) in [5.41, 5.74) is 3.43. The number of hydrogen-bond acceptors (Lipinski definition) is 3. The Kier molecular flexibility index (Phi) is 5.12. The fourth-order valence-corrected chi connectivity index (χ4v) is 2.75. The predicted molar refractivity (Wildman–Crippen MR) is 83.6 cm³/mol. The minimum Gasteiger partial charge on any atom is -0.353 e. The molecule has 1 aliphatic rings. The van der Waals surface area contributed by atoms with Gasteiger partial charge in [-0.05, 0) is 57.4 Å². The zero-order valence-corrected chi connectivity index (χ0v) is 13.1. The molecule has 2 rings (SSSR count). The highest BCUT2D eigenvalue weighted by Crippen LogP contribution is 2.23. The van der Waals surface area contributed by atoms with E-state index in [2.05, 4.69) is 11.4 Å². The van der Waals surface area contributed by atoms with Crippen LogP contribution in [0.25, 0.3) is 0 Å². The number of amides is 1. The van der Waals surface area contributed by atoms with Crippen LogP contribution in [0.15, 0.2) is 18.2 Å². The fraction of sp³-hybridized carbons (Fsp3) is 0.529. The van der Waals surface area contributed by atoms with Crippen molar-refractivity contribution in [3.05, 3.63) is 34.9 Å². The van der Waals surface area contributed by atoms with Gasteiger partial charge in [-0.2, -0.15) is 0 Å². The molecule has 0 saturated carbocycles. The third-order valence-corrected chi connectivity index (χ3v) is 3.70. The molecule has 1 amide bonds. The molecular formula is C17H24N2O2. The smallest absolute Gasteiger partial charge is 0.234 e. The summed E-state index contributed by atoms with van der Waals surface area (Å²) in [6.45, 7) is 4.36. The van der Waals surface area contributed by atoms with Gasteiger partial charge in [0, 0.05) is 11.6 Å². The van der Waals surface area contributed by atoms with Crippen LogP contribution < -0.4 is 5.32 Å². The number of rotatable bonds is 6. The molecule has 0 bridgehead atoms. The Hall–Kier alpha value is -1.68. The third kappa shape index (κ3) is 4.39. The van der Waals surface area contributed by atoms with Gasteiger partial charge in [0.2, 0.25) is 5.91 Å². The van der Waals surface area contributed by atoms with E-state index in [0.29, 0.717) is 0 Å². The number of nitrogens with zero attached hydrogens (tertiary/aromatic N) is 1. The van der Waals surface area contributed by atoms with Crippen LogP contribution in [0.1, 0.15) is 41.8 Å². The Morgan fingerprint density at radius 3 is 2.62 bits per heavy atom. The van der Waals surface area contributed by atoms with Crippen LogP contribution in [-0.2, 0) is 17.6 Å². The number of ketones is 1. The molecule has 1 aromatic carbocycles. The first-order valence-electron chi connectivity index (χ1n) is 7.58. The lowest BCUT2D eigenvalue weighted by Crippen LogP contribution is -2.40. The summed E-state index contributed by atoms with van der Waals surface area (Å²) in [4.78, 5) is 25.7. The van der Waals surface area contributed by atoms with E-state index in [1.54, 1.807) is 11.9 Å². The lowest BCUT2D eigenvalue weighted by atomic mass is 10.0. The second kappa shape index (κ2) is 6.85. The SMILES string of the molecule is CC(C)NC(=O)CN(C)CC(=O)c1ccc2c(c1)CCC2. The predicted octanol–water partition coefficient (Wildman–Crippen LogP) is 1.81. The van der Waals surface area contributed by atoms with E-state index in [4.69, 9.17) is 0 Å². The van der Waals surface area contributed by atoms with Crippen LogP contribution >= 0.6 is 0 Å². The van der Waals surface area contributed by atoms with Gasteiger partial charge in [-0.3, -0.25) is 14.5 Å². The first kappa shape index (κ1) is 15.7. The molecule has 0 heterocycles. The van der Waals surface area contributed by atoms with Gasteiger partial charge in [0.1, 0.15) is 0 Å². The molecule has 1 aliphatic carbocycles. The Balaban J connectivity index is 1.90. The van der Waals surface area contributed by atoms with E-state index in [1.165, 1.54) is 17.5 Å². The first-order valence-corrected chi connectivity index (χ1v) is 7.58. The first-order chi connectivity index (χ1) is 9.95. The molecule has 0 unspecified atom stereocenters. The average Bonchev–Trinajstić information content (AvgIpc) is 2.84. The van der Waals surface area contributed by atoms with E-state index in [-0.39, 0.29) is 30.8 Å². The molecule has 0 aliphatic heterocycles. The molecule has 0 atom stereocenters. The Bertz CT molecular complexity index is 538. The van der Waals surface area contributed by atoms with Crippen LogP contribution in [0.2, 0.25) is 0 Å². The van der Waals surface area contributed by atoms with Crippen molar-refractivity contribution in [3.8, 4) is 0 Å². The Labute approximate surface area is 126 Å². The minimum absolute atomic E-state index is 0.0470. The van der Waals surface area contributed by atoms with Crippen LogP contribution in [0.4, 0.5) is 0 Å². The molecule has 114 valence electrons. The van der Waals surface area contributed by atoms with Crippen LogP contribution in [-0.4, -0.2) is 42.8 Å². The van der Waals surface area contributed by atoms with E-state index < -0.39 is 0 Å². The standard InChI is InChI=1S/C17H24N2O2/c1-12(2)18-17(21)11-19(3)10-16(20)15-8-7-13-5-4-6-14(13)9-15/h7-9,12H,4-6,10-11H2,1-3H3,(H,18,21). The van der Waals surface area contributed by atoms with Crippen molar-refractivity contribution in [3.63, 3.8) is 0 Å². The number of Topliss-reactive ketones (excluding diaryl/α,β-unsaturated/α-hetero) is 1. The molecule has 1 N–H and O–H groups in total. The van der Waals surface area contributed by atoms with Crippen LogP contribution in [0.5, 0.6) is 0 Å². The summed E-state index contributed by atoms with van der Waals surface area (Å²) in [6.07, 6.45) is 3.38. The van der Waals surface area contributed by atoms with Crippen molar-refractivity contribution >= 4 is 11.7 Å². The summed E-state index contributed by atoms with van der Waals surface area (Å²) in [7, 11) is 1.80. The van der Waals surface area contributed by atoms with Gasteiger partial charge >= 0.3 is 0 Å². The average molecular weight is 288 g/mol. The molecule has 1 aromatic rings. The van der Waals surface area contributed by atoms with Crippen molar-refractivity contribution in [1.29, 1.82) is 0 Å². The van der Waals surface area contributed by atoms with Gasteiger partial charge in [-0.15, -0.1) is 0 Å². The van der Waals surface area contributed by atoms with Gasteiger partial charge in [-0.1, -0.05) is 12.1 Å². The lowest BCUT2D eigenvalue weighted by Gasteiger charge is -2.17. The van der Waals surface area contributed by atoms with E-state index >= 15 is 0 Å². The van der Waals surface area contributed by atoms with Crippen molar-refractivity contribution in [2.24, 2.45) is 0 Å². The monoisotopic (exact) mass is 288 g/mol. The zero-order valence-electron chi connectivity index (χ0n) is 13.1. The normalized spacial score (nSPS) is 13.6. The quantitative estimate of drug-likeness (QED) is 0.812. The molecule has 0 saturated heterocycles. The largest absolute Gasteiger partial charge is 0.353 e. The topological polar surface area (TPSA) is 49.4 Å². The van der Waals surface area contributed by atoms with Gasteiger partial charge < -0.3 is 5.32 Å². The summed E-state index contributed by atoms with van der Waals surface area (Å²) in [6, 6.07) is 6.13. The maximum atomic E-state index is 12.3. The fourth-order valence-electron chi connectivity index (χ4n) is 2.75. The van der Waals surface area contributed by atoms with E-state index in [0.717, 1.165) is 18.4 Å². The number of nitrogens with one attached hydrogen (secondary N) is 1. The van der Waals surface area contributed by atoms with Crippen molar-refractivity contribution in [2.75, 3.05) is 20.1 Å². The summed E-state index contributed by atoms with van der Waals surface area (Å²) >= 11 is 0. The zero-order chi connectivity index (χ0) is 15.4. The number of benzene rings is 1. The van der Waals surface area contributed by atoms with Crippen molar-refractivity contribution < 1.29 is 9.59 Å². The summed E-state index contributed by atoms with van der Waals surface area (Å²) < 4.78 is 0. The van der Waals surface area contributed by atoms with E-state index in [9.17, 15) is 9.59 Å². The molecule has 0 fully saturated rings. The number of hydrogen-bond donors (Lipinski definition) is 1. The number of aryl methyl sites for hydroxylation is 2. The number of carbonyl (C=O) groups excluding carboxylic acids is 2. The molecular weight excluding hydrogens is 264 g/mol. The Morgan fingerprint density at radius 1 is 1.19 bits per heavy atom. The maximum absolute atomic E-state index is 12.3. The second-order valence-corrected chi connectivity index (χ2v) is 6.15. The molecule has 21 heavy (non-hydrogen) atoms. The van der Waals surface area contributed by atoms with Crippen molar-refractivity contribution in [2.45, 2.75) is 39.2 Å². The summed E-state index contributed by atoms with van der Waals surface area (Å²) in [5.74, 6) is 0.0267. The third-order valence-electron chi connectivity index (χ3n) is 3.70. The number of likely N-dealkylation sites (N-methyl/N-ethyl adjacent to an activating group) is 1. The van der Waals surface area contributed by atoms with Crippen LogP contribution in [0, 0.1) is 0 Å². The molecule has 4 heteroatoms. The number of carbonyl (C=O) groups is 2. The van der Waals surface area contributed by atoms with E-state index in [1.807, 2.05) is 26.0 Å². The molecule has 0 radical (unpaired) electrons. The lowest BCUT2D eigenvalue weighted by molar-refractivity contribution is -0.122. The summed E-state index contributed by atoms with van der Waals surface area (Å²) in [5, 5.41) is 2.83. The van der Waals surface area contributed by atoms with Gasteiger partial charge in [0.15, 0.2) is 5.78 Å².